The minimum atomic E-state index is -0.106. The Morgan fingerprint density at radius 2 is 2.20 bits per heavy atom. The van der Waals surface area contributed by atoms with Crippen molar-refractivity contribution in [1.82, 2.24) is 4.90 Å². The molecular weight excluding hydrogens is 346 g/mol. The fraction of sp³-hybridized carbons (Fsp3) is 0.444. The van der Waals surface area contributed by atoms with Gasteiger partial charge in [0.2, 0.25) is 0 Å². The van der Waals surface area contributed by atoms with Gasteiger partial charge in [0.05, 0.1) is 6.54 Å². The summed E-state index contributed by atoms with van der Waals surface area (Å²) < 4.78 is 0. The molecule has 0 amide bonds. The molecule has 0 unspecified atom stereocenters. The average Bonchev–Trinajstić information content (AvgIpc) is 2.66. The number of halogens is 2. The second kappa shape index (κ2) is 11.1. The van der Waals surface area contributed by atoms with E-state index < -0.39 is 0 Å². The predicted octanol–water partition coefficient (Wildman–Crippen LogP) is 3.11. The number of thiophene rings is 1. The fourth-order valence-electron chi connectivity index (χ4n) is 0.777. The van der Waals surface area contributed by atoms with E-state index in [4.69, 9.17) is 19.1 Å². The normalized spacial score (nSPS) is 10.7. The standard InChI is InChI=1S/C9H14N2S.2ClH.Pd/c1-11(2)6-5-10-8-9-4-3-7-12-9;;;/h3-4,7-8H,5-6H2,1-2H3;2*1H;/q;;;+2/p-2. The van der Waals surface area contributed by atoms with Crippen LogP contribution in [0.15, 0.2) is 22.5 Å². The van der Waals surface area contributed by atoms with Gasteiger partial charge in [-0.05, 0) is 25.5 Å². The molecule has 1 aromatic heterocycles. The van der Waals surface area contributed by atoms with Crippen molar-refractivity contribution in [3.63, 3.8) is 0 Å². The van der Waals surface area contributed by atoms with Gasteiger partial charge in [-0.2, -0.15) is 0 Å². The SMILES string of the molecule is CN(C)CCN=Cc1cccs1.[Cl][Pd][Cl]. The van der Waals surface area contributed by atoms with Crippen molar-refractivity contribution in [2.75, 3.05) is 27.2 Å². The summed E-state index contributed by atoms with van der Waals surface area (Å²) in [4.78, 5) is 7.66. The molecule has 0 aliphatic heterocycles. The Hall–Kier alpha value is 0.572. The van der Waals surface area contributed by atoms with Gasteiger partial charge in [0, 0.05) is 17.6 Å². The van der Waals surface area contributed by atoms with Crippen LogP contribution in [0.5, 0.6) is 0 Å². The van der Waals surface area contributed by atoms with Crippen molar-refractivity contribution in [2.24, 2.45) is 4.99 Å². The van der Waals surface area contributed by atoms with Gasteiger partial charge in [-0.3, -0.25) is 4.99 Å². The third-order valence-corrected chi connectivity index (χ3v) is 2.24. The van der Waals surface area contributed by atoms with Gasteiger partial charge in [0.15, 0.2) is 0 Å². The molecule has 1 aromatic rings. The molecule has 0 radical (unpaired) electrons. The summed E-state index contributed by atoms with van der Waals surface area (Å²) in [6, 6.07) is 4.11. The number of hydrogen-bond acceptors (Lipinski definition) is 3. The molecule has 0 saturated carbocycles. The fourth-order valence-corrected chi connectivity index (χ4v) is 1.38. The van der Waals surface area contributed by atoms with E-state index in [-0.39, 0.29) is 15.9 Å². The molecule has 0 spiro atoms. The van der Waals surface area contributed by atoms with Gasteiger partial charge in [0.25, 0.3) is 0 Å². The van der Waals surface area contributed by atoms with Gasteiger partial charge < -0.3 is 4.90 Å². The molecule has 90 valence electrons. The van der Waals surface area contributed by atoms with Gasteiger partial charge in [-0.25, -0.2) is 0 Å². The Labute approximate surface area is 111 Å². The molecule has 0 atom stereocenters. The number of rotatable bonds is 4. The zero-order chi connectivity index (χ0) is 11.5. The van der Waals surface area contributed by atoms with E-state index in [1.807, 2.05) is 12.3 Å². The van der Waals surface area contributed by atoms with E-state index in [0.29, 0.717) is 0 Å². The molecule has 1 rings (SSSR count). The third kappa shape index (κ3) is 10.8. The van der Waals surface area contributed by atoms with E-state index in [1.54, 1.807) is 11.3 Å². The zero-order valence-corrected chi connectivity index (χ0v) is 12.5. The second-order valence-electron chi connectivity index (χ2n) is 2.90. The molecule has 1 heterocycles. The predicted molar refractivity (Wildman–Crippen MR) is 67.0 cm³/mol. The van der Waals surface area contributed by atoms with Crippen LogP contribution in [-0.4, -0.2) is 38.3 Å². The first-order valence-electron chi connectivity index (χ1n) is 4.21. The zero-order valence-electron chi connectivity index (χ0n) is 8.60. The molecule has 6 heteroatoms. The van der Waals surface area contributed by atoms with E-state index >= 15 is 0 Å². The average molecular weight is 360 g/mol. The summed E-state index contributed by atoms with van der Waals surface area (Å²) in [5.41, 5.74) is 0. The Bertz CT molecular complexity index is 253. The first kappa shape index (κ1) is 15.6. The summed E-state index contributed by atoms with van der Waals surface area (Å²) >= 11 is 1.61. The minimum absolute atomic E-state index is 0.106. The molecule has 0 aromatic carbocycles. The Balaban J connectivity index is 0.000000583. The van der Waals surface area contributed by atoms with E-state index in [1.165, 1.54) is 4.88 Å². The Morgan fingerprint density at radius 1 is 1.53 bits per heavy atom. The second-order valence-corrected chi connectivity index (χ2v) is 6.24. The van der Waals surface area contributed by atoms with Crippen molar-refractivity contribution in [1.29, 1.82) is 0 Å². The molecule has 0 saturated heterocycles. The van der Waals surface area contributed by atoms with Crippen LogP contribution in [0.3, 0.4) is 0 Å². The van der Waals surface area contributed by atoms with Crippen LogP contribution >= 0.6 is 30.4 Å². The number of aliphatic imine (C=N–C) groups is 1. The van der Waals surface area contributed by atoms with Crippen LogP contribution < -0.4 is 0 Å². The first-order chi connectivity index (χ1) is 7.20. The molecule has 15 heavy (non-hydrogen) atoms. The number of likely N-dealkylation sites (N-methyl/N-ethyl adjacent to an activating group) is 1. The summed E-state index contributed by atoms with van der Waals surface area (Å²) in [7, 11) is 13.7. The summed E-state index contributed by atoms with van der Waals surface area (Å²) in [5, 5.41) is 2.06. The maximum absolute atomic E-state index is 4.81. The van der Waals surface area contributed by atoms with Gasteiger partial charge in [-0.15, -0.1) is 11.3 Å². The van der Waals surface area contributed by atoms with Crippen molar-refractivity contribution < 1.29 is 15.9 Å². The molecule has 0 aliphatic rings. The molecule has 2 nitrogen and oxygen atoms in total. The molecular formula is C9H14Cl2N2PdS. The summed E-state index contributed by atoms with van der Waals surface area (Å²) in [5.74, 6) is 0. The quantitative estimate of drug-likeness (QED) is 0.596. The van der Waals surface area contributed by atoms with Crippen molar-refractivity contribution >= 4 is 36.6 Å². The third-order valence-electron chi connectivity index (χ3n) is 1.44. The molecule has 0 N–H and O–H groups in total. The molecule has 0 bridgehead atoms. The first-order valence-corrected chi connectivity index (χ1v) is 9.09. The van der Waals surface area contributed by atoms with Crippen LogP contribution in [-0.2, 0) is 15.9 Å². The number of nitrogens with zero attached hydrogens (tertiary/aromatic N) is 2. The Kier molecular flexibility index (Phi) is 11.5. The van der Waals surface area contributed by atoms with Crippen LogP contribution in [0.4, 0.5) is 0 Å². The van der Waals surface area contributed by atoms with Crippen molar-refractivity contribution in [3.05, 3.63) is 22.4 Å². The topological polar surface area (TPSA) is 15.6 Å². The monoisotopic (exact) mass is 358 g/mol. The molecule has 0 fully saturated rings. The summed E-state index contributed by atoms with van der Waals surface area (Å²) in [6.45, 7) is 1.90. The molecule has 0 aliphatic carbocycles. The van der Waals surface area contributed by atoms with Crippen LogP contribution in [0.2, 0.25) is 0 Å². The van der Waals surface area contributed by atoms with E-state index in [2.05, 4.69) is 35.4 Å². The van der Waals surface area contributed by atoms with Crippen molar-refractivity contribution in [3.8, 4) is 0 Å². The van der Waals surface area contributed by atoms with Gasteiger partial charge >= 0.3 is 35.0 Å². The van der Waals surface area contributed by atoms with Gasteiger partial charge in [0.1, 0.15) is 0 Å². The van der Waals surface area contributed by atoms with Gasteiger partial charge in [-0.1, -0.05) is 6.07 Å². The van der Waals surface area contributed by atoms with E-state index in [0.717, 1.165) is 13.1 Å². The number of hydrogen-bond donors (Lipinski definition) is 0. The Morgan fingerprint density at radius 3 is 2.67 bits per heavy atom. The van der Waals surface area contributed by atoms with Crippen molar-refractivity contribution in [2.45, 2.75) is 0 Å². The maximum atomic E-state index is 4.81. The van der Waals surface area contributed by atoms with Crippen LogP contribution in [0.1, 0.15) is 4.88 Å². The summed E-state index contributed by atoms with van der Waals surface area (Å²) in [6.07, 6.45) is 1.94. The van der Waals surface area contributed by atoms with Crippen LogP contribution in [0, 0.1) is 0 Å². The van der Waals surface area contributed by atoms with E-state index in [9.17, 15) is 0 Å². The van der Waals surface area contributed by atoms with Crippen LogP contribution in [0.25, 0.3) is 0 Å².